The van der Waals surface area contributed by atoms with Crippen LogP contribution in [0, 0.1) is 5.92 Å². The first kappa shape index (κ1) is 17.7. The Kier molecular flexibility index (Phi) is 10.4. The zero-order valence-electron chi connectivity index (χ0n) is 11.2. The fourth-order valence-corrected chi connectivity index (χ4v) is 1.59. The van der Waals surface area contributed by atoms with Crippen molar-refractivity contribution < 1.29 is 22.6 Å². The Labute approximate surface area is 107 Å². The van der Waals surface area contributed by atoms with Gasteiger partial charge in [-0.2, -0.15) is 13.2 Å². The summed E-state index contributed by atoms with van der Waals surface area (Å²) in [6, 6.07) is 0. The van der Waals surface area contributed by atoms with Crippen LogP contribution >= 0.6 is 0 Å². The minimum absolute atomic E-state index is 0.175. The fourth-order valence-electron chi connectivity index (χ4n) is 1.59. The minimum atomic E-state index is -4.22. The van der Waals surface area contributed by atoms with Crippen molar-refractivity contribution in [2.45, 2.75) is 32.4 Å². The Bertz CT molecular complexity index is 189. The Morgan fingerprint density at radius 2 is 1.94 bits per heavy atom. The minimum Gasteiger partial charge on any atom is -0.383 e. The van der Waals surface area contributed by atoms with Crippen LogP contribution in [0.3, 0.4) is 0 Å². The molecule has 0 spiro atoms. The van der Waals surface area contributed by atoms with E-state index in [0.29, 0.717) is 18.9 Å². The molecule has 110 valence electrons. The SMILES string of the molecule is CCC(CCCOCC(F)(F)F)CNCCOC. The van der Waals surface area contributed by atoms with Gasteiger partial charge in [-0.1, -0.05) is 13.3 Å². The van der Waals surface area contributed by atoms with Crippen LogP contribution in [0.4, 0.5) is 13.2 Å². The second kappa shape index (κ2) is 10.6. The number of methoxy groups -OCH3 is 1. The highest BCUT2D eigenvalue weighted by atomic mass is 19.4. The molecule has 0 aromatic heterocycles. The summed E-state index contributed by atoms with van der Waals surface area (Å²) in [6.07, 6.45) is -1.65. The summed E-state index contributed by atoms with van der Waals surface area (Å²) in [5, 5.41) is 3.26. The van der Waals surface area contributed by atoms with E-state index >= 15 is 0 Å². The molecule has 3 nitrogen and oxygen atoms in total. The second-order valence-electron chi connectivity index (χ2n) is 4.28. The predicted octanol–water partition coefficient (Wildman–Crippen LogP) is 2.61. The van der Waals surface area contributed by atoms with Crippen molar-refractivity contribution in [2.24, 2.45) is 5.92 Å². The Morgan fingerprint density at radius 3 is 2.50 bits per heavy atom. The predicted molar refractivity (Wildman–Crippen MR) is 64.6 cm³/mol. The molecule has 1 unspecified atom stereocenters. The molecular formula is C12H24F3NO2. The summed E-state index contributed by atoms with van der Waals surface area (Å²) >= 11 is 0. The van der Waals surface area contributed by atoms with Gasteiger partial charge >= 0.3 is 6.18 Å². The van der Waals surface area contributed by atoms with Crippen molar-refractivity contribution in [3.63, 3.8) is 0 Å². The van der Waals surface area contributed by atoms with Gasteiger partial charge in [0.1, 0.15) is 6.61 Å². The average molecular weight is 271 g/mol. The van der Waals surface area contributed by atoms with E-state index < -0.39 is 12.8 Å². The van der Waals surface area contributed by atoms with E-state index in [9.17, 15) is 13.2 Å². The third-order valence-electron chi connectivity index (χ3n) is 2.66. The molecule has 0 aliphatic heterocycles. The molecule has 1 N–H and O–H groups in total. The Balaban J connectivity index is 3.44. The monoisotopic (exact) mass is 271 g/mol. The lowest BCUT2D eigenvalue weighted by Gasteiger charge is -2.15. The normalized spacial score (nSPS) is 13.8. The van der Waals surface area contributed by atoms with E-state index in [0.717, 1.165) is 25.9 Å². The van der Waals surface area contributed by atoms with Gasteiger partial charge in [0.05, 0.1) is 6.61 Å². The molecule has 0 radical (unpaired) electrons. The molecule has 0 aliphatic carbocycles. The number of halogens is 3. The van der Waals surface area contributed by atoms with Gasteiger partial charge < -0.3 is 14.8 Å². The molecule has 0 fully saturated rings. The van der Waals surface area contributed by atoms with Gasteiger partial charge in [0.2, 0.25) is 0 Å². The summed E-state index contributed by atoms with van der Waals surface area (Å²) in [6.45, 7) is 3.46. The molecule has 0 saturated carbocycles. The maximum atomic E-state index is 11.8. The van der Waals surface area contributed by atoms with Crippen molar-refractivity contribution >= 4 is 0 Å². The van der Waals surface area contributed by atoms with E-state index in [2.05, 4.69) is 17.0 Å². The van der Waals surface area contributed by atoms with Crippen LogP contribution in [0.15, 0.2) is 0 Å². The summed E-state index contributed by atoms with van der Waals surface area (Å²) in [7, 11) is 1.65. The van der Waals surface area contributed by atoms with Gasteiger partial charge in [0.25, 0.3) is 0 Å². The number of ether oxygens (including phenoxy) is 2. The van der Waals surface area contributed by atoms with Crippen LogP contribution in [-0.4, -0.2) is 46.2 Å². The molecule has 0 amide bonds. The molecule has 0 aromatic carbocycles. The third-order valence-corrected chi connectivity index (χ3v) is 2.66. The lowest BCUT2D eigenvalue weighted by molar-refractivity contribution is -0.174. The third kappa shape index (κ3) is 12.1. The number of hydrogen-bond acceptors (Lipinski definition) is 3. The number of alkyl halides is 3. The highest BCUT2D eigenvalue weighted by Crippen LogP contribution is 2.15. The standard InChI is InChI=1S/C12H24F3NO2/c1-3-11(9-16-6-8-17-2)5-4-7-18-10-12(13,14)15/h11,16H,3-10H2,1-2H3. The van der Waals surface area contributed by atoms with E-state index in [1.807, 2.05) is 0 Å². The molecular weight excluding hydrogens is 247 g/mol. The second-order valence-corrected chi connectivity index (χ2v) is 4.28. The largest absolute Gasteiger partial charge is 0.411 e. The maximum absolute atomic E-state index is 11.8. The van der Waals surface area contributed by atoms with Gasteiger partial charge in [-0.3, -0.25) is 0 Å². The first-order valence-electron chi connectivity index (χ1n) is 6.33. The summed E-state index contributed by atoms with van der Waals surface area (Å²) < 4.78 is 44.9. The van der Waals surface area contributed by atoms with Crippen molar-refractivity contribution in [1.29, 1.82) is 0 Å². The zero-order valence-corrected chi connectivity index (χ0v) is 11.2. The first-order chi connectivity index (χ1) is 8.49. The summed E-state index contributed by atoms with van der Waals surface area (Å²) in [5.41, 5.74) is 0. The van der Waals surface area contributed by atoms with Crippen LogP contribution in [0.2, 0.25) is 0 Å². The first-order valence-corrected chi connectivity index (χ1v) is 6.33. The van der Waals surface area contributed by atoms with Crippen LogP contribution in [0.5, 0.6) is 0 Å². The molecule has 0 rings (SSSR count). The van der Waals surface area contributed by atoms with E-state index in [4.69, 9.17) is 4.74 Å². The van der Waals surface area contributed by atoms with Crippen LogP contribution in [-0.2, 0) is 9.47 Å². The molecule has 18 heavy (non-hydrogen) atoms. The zero-order chi connectivity index (χ0) is 13.9. The van der Waals surface area contributed by atoms with Crippen LogP contribution < -0.4 is 5.32 Å². The average Bonchev–Trinajstić information content (AvgIpc) is 2.30. The number of nitrogens with one attached hydrogen (secondary N) is 1. The van der Waals surface area contributed by atoms with Crippen molar-refractivity contribution in [3.8, 4) is 0 Å². The molecule has 1 atom stereocenters. The smallest absolute Gasteiger partial charge is 0.383 e. The number of rotatable bonds is 11. The topological polar surface area (TPSA) is 30.5 Å². The maximum Gasteiger partial charge on any atom is 0.411 e. The van der Waals surface area contributed by atoms with E-state index in [-0.39, 0.29) is 6.61 Å². The molecule has 0 bridgehead atoms. The molecule has 0 aromatic rings. The van der Waals surface area contributed by atoms with Gasteiger partial charge in [-0.15, -0.1) is 0 Å². The molecule has 0 aliphatic rings. The molecule has 0 saturated heterocycles. The Hall–Kier alpha value is -0.330. The van der Waals surface area contributed by atoms with Gasteiger partial charge in [0.15, 0.2) is 0 Å². The van der Waals surface area contributed by atoms with Crippen LogP contribution in [0.1, 0.15) is 26.2 Å². The summed E-state index contributed by atoms with van der Waals surface area (Å²) in [5.74, 6) is 0.483. The Morgan fingerprint density at radius 1 is 1.22 bits per heavy atom. The van der Waals surface area contributed by atoms with Gasteiger partial charge in [0, 0.05) is 20.3 Å². The van der Waals surface area contributed by atoms with E-state index in [1.54, 1.807) is 7.11 Å². The quantitative estimate of drug-likeness (QED) is 0.586. The lowest BCUT2D eigenvalue weighted by atomic mass is 10.0. The van der Waals surface area contributed by atoms with Gasteiger partial charge in [-0.25, -0.2) is 0 Å². The van der Waals surface area contributed by atoms with Crippen LogP contribution in [0.25, 0.3) is 0 Å². The molecule has 6 heteroatoms. The summed E-state index contributed by atoms with van der Waals surface area (Å²) in [4.78, 5) is 0. The lowest BCUT2D eigenvalue weighted by Crippen LogP contribution is -2.26. The highest BCUT2D eigenvalue weighted by Gasteiger charge is 2.27. The number of hydrogen-bond donors (Lipinski definition) is 1. The van der Waals surface area contributed by atoms with Crippen molar-refractivity contribution in [1.82, 2.24) is 5.32 Å². The van der Waals surface area contributed by atoms with Crippen molar-refractivity contribution in [2.75, 3.05) is 40.0 Å². The fraction of sp³-hybridized carbons (Fsp3) is 1.00. The highest BCUT2D eigenvalue weighted by molar-refractivity contribution is 4.61. The van der Waals surface area contributed by atoms with E-state index in [1.165, 1.54) is 0 Å². The van der Waals surface area contributed by atoms with Crippen molar-refractivity contribution in [3.05, 3.63) is 0 Å². The van der Waals surface area contributed by atoms with Gasteiger partial charge in [-0.05, 0) is 25.3 Å². The molecule has 0 heterocycles.